The van der Waals surface area contributed by atoms with E-state index in [2.05, 4.69) is 31.7 Å². The van der Waals surface area contributed by atoms with Crippen LogP contribution in [0.15, 0.2) is 35.1 Å². The lowest BCUT2D eigenvalue weighted by molar-refractivity contribution is -0.115. The maximum absolute atomic E-state index is 12.2. The Balaban J connectivity index is 1.17. The number of rotatable bonds is 7. The maximum atomic E-state index is 12.2. The third-order valence-corrected chi connectivity index (χ3v) is 5.81. The molecule has 3 aromatic heterocycles. The Morgan fingerprint density at radius 3 is 2.93 bits per heavy atom. The third-order valence-electron chi connectivity index (χ3n) is 5.81. The molecule has 0 aromatic carbocycles. The highest BCUT2D eigenvalue weighted by atomic mass is 16.5. The summed E-state index contributed by atoms with van der Waals surface area (Å²) in [6.45, 7) is 1.83. The zero-order valence-corrected chi connectivity index (χ0v) is 16.9. The zero-order valence-electron chi connectivity index (χ0n) is 16.9. The molecular weight excluding hydrogens is 382 g/mol. The van der Waals surface area contributed by atoms with Gasteiger partial charge in [0.15, 0.2) is 0 Å². The minimum absolute atomic E-state index is 0.142. The quantitative estimate of drug-likeness (QED) is 0.616. The molecule has 156 valence electrons. The minimum atomic E-state index is -0.168. The average Bonchev–Trinajstić information content (AvgIpc) is 3.08. The van der Waals surface area contributed by atoms with Crippen LogP contribution < -0.4 is 10.1 Å². The highest BCUT2D eigenvalue weighted by Crippen LogP contribution is 2.45. The number of hydrogen-bond donors (Lipinski definition) is 2. The number of nitrogens with one attached hydrogen (secondary N) is 2. The number of ether oxygens (including phenoxy) is 1. The Morgan fingerprint density at radius 2 is 2.13 bits per heavy atom. The number of carbonyl (C=O) groups is 1. The molecular formula is C22H25N5O3. The van der Waals surface area contributed by atoms with Crippen molar-refractivity contribution in [3.8, 4) is 5.75 Å². The predicted octanol–water partition coefficient (Wildman–Crippen LogP) is 3.87. The molecule has 0 spiro atoms. The van der Waals surface area contributed by atoms with Crippen molar-refractivity contribution in [2.75, 3.05) is 5.32 Å². The van der Waals surface area contributed by atoms with Crippen LogP contribution in [0.3, 0.4) is 0 Å². The van der Waals surface area contributed by atoms with Crippen LogP contribution >= 0.6 is 0 Å². The van der Waals surface area contributed by atoms with E-state index in [1.807, 2.05) is 25.4 Å². The lowest BCUT2D eigenvalue weighted by atomic mass is 10.0. The van der Waals surface area contributed by atoms with Crippen molar-refractivity contribution < 1.29 is 14.1 Å². The number of hydrogen-bond acceptors (Lipinski definition) is 6. The van der Waals surface area contributed by atoms with Gasteiger partial charge in [-0.3, -0.25) is 14.9 Å². The van der Waals surface area contributed by atoms with E-state index in [-0.39, 0.29) is 18.4 Å². The molecule has 0 aliphatic heterocycles. The van der Waals surface area contributed by atoms with Crippen LogP contribution in [-0.4, -0.2) is 32.3 Å². The molecule has 0 unspecified atom stereocenters. The molecule has 2 aliphatic carbocycles. The standard InChI is InChI=1S/C22H25N5O3/c1-13-8-17(30-27-13)10-22(28)24-21-11-19(25-26-21)15-4-5-16(9-15)29-20-12-23-7-6-18(20)14-2-3-14/h6-8,11-12,14-16H,2-5,9-10H2,1H3,(H2,24,25,26,28)/t15-,16+/m1/s1. The molecule has 30 heavy (non-hydrogen) atoms. The Kier molecular flexibility index (Phi) is 4.98. The smallest absolute Gasteiger partial charge is 0.233 e. The fourth-order valence-corrected chi connectivity index (χ4v) is 4.18. The van der Waals surface area contributed by atoms with Crippen molar-refractivity contribution in [1.29, 1.82) is 0 Å². The summed E-state index contributed by atoms with van der Waals surface area (Å²) in [5.74, 6) is 2.86. The predicted molar refractivity (Wildman–Crippen MR) is 109 cm³/mol. The molecule has 2 aliphatic rings. The zero-order chi connectivity index (χ0) is 20.5. The Labute approximate surface area is 174 Å². The van der Waals surface area contributed by atoms with Gasteiger partial charge >= 0.3 is 0 Å². The van der Waals surface area contributed by atoms with Gasteiger partial charge in [-0.1, -0.05) is 5.16 Å². The number of carbonyl (C=O) groups excluding carboxylic acids is 1. The van der Waals surface area contributed by atoms with Gasteiger partial charge in [0, 0.05) is 29.8 Å². The molecule has 2 fully saturated rings. The lowest BCUT2D eigenvalue weighted by Gasteiger charge is -2.16. The number of pyridine rings is 1. The SMILES string of the molecule is Cc1cc(CC(=O)Nc2cc([C@@H]3CC[C@H](Oc4cnccc4C4CC4)C3)n[nH]2)on1. The third kappa shape index (κ3) is 4.22. The normalized spacial score (nSPS) is 21.0. The fraction of sp³-hybridized carbons (Fsp3) is 0.455. The van der Waals surface area contributed by atoms with E-state index in [1.54, 1.807) is 6.07 Å². The topological polar surface area (TPSA) is 106 Å². The van der Waals surface area contributed by atoms with E-state index in [0.29, 0.717) is 23.4 Å². The van der Waals surface area contributed by atoms with E-state index in [9.17, 15) is 4.79 Å². The molecule has 8 heteroatoms. The molecule has 0 saturated heterocycles. The van der Waals surface area contributed by atoms with E-state index in [4.69, 9.17) is 9.26 Å². The summed E-state index contributed by atoms with van der Waals surface area (Å²) in [6.07, 6.45) is 9.40. The van der Waals surface area contributed by atoms with Gasteiger partial charge in [-0.05, 0) is 51.0 Å². The number of amides is 1. The number of anilines is 1. The molecule has 2 saturated carbocycles. The van der Waals surface area contributed by atoms with Gasteiger partial charge in [0.2, 0.25) is 5.91 Å². The van der Waals surface area contributed by atoms with Crippen LogP contribution in [0.5, 0.6) is 5.75 Å². The van der Waals surface area contributed by atoms with Crippen LogP contribution in [-0.2, 0) is 11.2 Å². The summed E-state index contributed by atoms with van der Waals surface area (Å²) in [5.41, 5.74) is 3.01. The number of aryl methyl sites for hydroxylation is 1. The first-order valence-corrected chi connectivity index (χ1v) is 10.5. The number of aromatic nitrogens is 4. The fourth-order valence-electron chi connectivity index (χ4n) is 4.18. The summed E-state index contributed by atoms with van der Waals surface area (Å²) < 4.78 is 11.4. The molecule has 3 heterocycles. The molecule has 5 rings (SSSR count). The van der Waals surface area contributed by atoms with Gasteiger partial charge in [0.25, 0.3) is 0 Å². The van der Waals surface area contributed by atoms with Crippen LogP contribution in [0.25, 0.3) is 0 Å². The summed E-state index contributed by atoms with van der Waals surface area (Å²) in [6, 6.07) is 5.76. The van der Waals surface area contributed by atoms with Crippen molar-refractivity contribution in [3.63, 3.8) is 0 Å². The van der Waals surface area contributed by atoms with Gasteiger partial charge in [-0.25, -0.2) is 0 Å². The monoisotopic (exact) mass is 407 g/mol. The van der Waals surface area contributed by atoms with Crippen LogP contribution in [0.4, 0.5) is 5.82 Å². The lowest BCUT2D eigenvalue weighted by Crippen LogP contribution is -2.14. The van der Waals surface area contributed by atoms with Crippen molar-refractivity contribution >= 4 is 11.7 Å². The second kappa shape index (κ2) is 7.93. The summed E-state index contributed by atoms with van der Waals surface area (Å²) in [5, 5.41) is 14.0. The summed E-state index contributed by atoms with van der Waals surface area (Å²) in [7, 11) is 0. The van der Waals surface area contributed by atoms with E-state index in [0.717, 1.165) is 36.4 Å². The largest absolute Gasteiger partial charge is 0.488 e. The van der Waals surface area contributed by atoms with Crippen LogP contribution in [0.2, 0.25) is 0 Å². The highest BCUT2D eigenvalue weighted by molar-refractivity contribution is 5.91. The van der Waals surface area contributed by atoms with Crippen molar-refractivity contribution in [2.45, 2.75) is 63.4 Å². The molecule has 2 atom stereocenters. The van der Waals surface area contributed by atoms with Gasteiger partial charge in [0.05, 0.1) is 30.1 Å². The second-order valence-electron chi connectivity index (χ2n) is 8.30. The van der Waals surface area contributed by atoms with Gasteiger partial charge in [-0.2, -0.15) is 5.10 Å². The highest BCUT2D eigenvalue weighted by Gasteiger charge is 2.32. The Morgan fingerprint density at radius 1 is 1.27 bits per heavy atom. The first-order valence-electron chi connectivity index (χ1n) is 10.5. The van der Waals surface area contributed by atoms with E-state index < -0.39 is 0 Å². The number of aromatic amines is 1. The Bertz CT molecular complexity index is 1040. The van der Waals surface area contributed by atoms with E-state index >= 15 is 0 Å². The van der Waals surface area contributed by atoms with Crippen molar-refractivity contribution in [1.82, 2.24) is 20.3 Å². The molecule has 2 N–H and O–H groups in total. The second-order valence-corrected chi connectivity index (χ2v) is 8.30. The van der Waals surface area contributed by atoms with Crippen molar-refractivity contribution in [2.24, 2.45) is 0 Å². The number of nitrogens with zero attached hydrogens (tertiary/aromatic N) is 3. The summed E-state index contributed by atoms with van der Waals surface area (Å²) in [4.78, 5) is 16.4. The van der Waals surface area contributed by atoms with Gasteiger partial charge < -0.3 is 14.6 Å². The average molecular weight is 407 g/mol. The molecule has 1 amide bonds. The number of H-pyrrole nitrogens is 1. The first-order chi connectivity index (χ1) is 14.6. The molecule has 3 aromatic rings. The van der Waals surface area contributed by atoms with Gasteiger partial charge in [-0.15, -0.1) is 0 Å². The minimum Gasteiger partial charge on any atom is -0.488 e. The summed E-state index contributed by atoms with van der Waals surface area (Å²) >= 11 is 0. The first kappa shape index (κ1) is 18.8. The van der Waals surface area contributed by atoms with Crippen molar-refractivity contribution in [3.05, 3.63) is 53.3 Å². The Hall–Kier alpha value is -3.16. The maximum Gasteiger partial charge on any atom is 0.233 e. The van der Waals surface area contributed by atoms with Crippen LogP contribution in [0, 0.1) is 6.92 Å². The van der Waals surface area contributed by atoms with Crippen LogP contribution in [0.1, 0.15) is 66.7 Å². The molecule has 0 radical (unpaired) electrons. The van der Waals surface area contributed by atoms with E-state index in [1.165, 1.54) is 18.4 Å². The molecule has 0 bridgehead atoms. The van der Waals surface area contributed by atoms with Gasteiger partial charge in [0.1, 0.15) is 17.3 Å². The molecule has 8 nitrogen and oxygen atoms in total.